The summed E-state index contributed by atoms with van der Waals surface area (Å²) in [6, 6.07) is 21.2. The molecular weight excluding hydrogens is 591 g/mol. The van der Waals surface area contributed by atoms with Crippen LogP contribution in [0.1, 0.15) is 23.7 Å². The summed E-state index contributed by atoms with van der Waals surface area (Å²) in [7, 11) is 1.79. The van der Waals surface area contributed by atoms with Crippen LogP contribution >= 0.6 is 23.5 Å². The Hall–Kier alpha value is -3.28. The Kier molecular flexibility index (Phi) is 8.69. The first-order valence-electron chi connectivity index (χ1n) is 15.2. The maximum absolute atomic E-state index is 12.7. The van der Waals surface area contributed by atoms with Crippen LogP contribution in [-0.4, -0.2) is 74.0 Å². The van der Waals surface area contributed by atoms with Gasteiger partial charge in [-0.15, -0.1) is 0 Å². The van der Waals surface area contributed by atoms with E-state index in [9.17, 15) is 4.79 Å². The van der Waals surface area contributed by atoms with E-state index < -0.39 is 0 Å². The second kappa shape index (κ2) is 13.0. The number of morpholine rings is 1. The normalized spacial score (nSPS) is 17.5. The molecule has 2 fully saturated rings. The Balaban J connectivity index is 1.11. The number of ether oxygens (including phenoxy) is 2. The van der Waals surface area contributed by atoms with Gasteiger partial charge >= 0.3 is 0 Å². The number of benzene rings is 2. The molecule has 1 unspecified atom stereocenters. The van der Waals surface area contributed by atoms with Crippen molar-refractivity contribution in [3.05, 3.63) is 88.5 Å². The van der Waals surface area contributed by atoms with Crippen molar-refractivity contribution in [1.82, 2.24) is 14.9 Å². The molecule has 3 aliphatic rings. The summed E-state index contributed by atoms with van der Waals surface area (Å²) >= 11 is 3.55. The summed E-state index contributed by atoms with van der Waals surface area (Å²) in [5.41, 5.74) is 6.06. The minimum atomic E-state index is -0.0867. The summed E-state index contributed by atoms with van der Waals surface area (Å²) in [6.07, 6.45) is 3.26. The summed E-state index contributed by atoms with van der Waals surface area (Å²) in [5, 5.41) is 3.80. The molecule has 228 valence electrons. The molecule has 0 bridgehead atoms. The fourth-order valence-corrected chi connectivity index (χ4v) is 8.34. The largest absolute Gasteiger partial charge is 0.379 e. The maximum atomic E-state index is 12.7. The van der Waals surface area contributed by atoms with Gasteiger partial charge in [-0.25, -0.2) is 0 Å². The number of anilines is 2. The van der Waals surface area contributed by atoms with Gasteiger partial charge in [-0.2, -0.15) is 0 Å². The molecule has 4 aromatic rings. The van der Waals surface area contributed by atoms with Crippen molar-refractivity contribution < 1.29 is 9.47 Å². The van der Waals surface area contributed by atoms with Crippen LogP contribution in [0.2, 0.25) is 0 Å². The first-order chi connectivity index (χ1) is 21.5. The first-order valence-corrected chi connectivity index (χ1v) is 16.8. The van der Waals surface area contributed by atoms with Gasteiger partial charge in [0.1, 0.15) is 0 Å². The van der Waals surface area contributed by atoms with Crippen LogP contribution < -0.4 is 15.8 Å². The number of aromatic nitrogens is 2. The predicted molar refractivity (Wildman–Crippen MR) is 177 cm³/mol. The van der Waals surface area contributed by atoms with E-state index in [1.807, 2.05) is 6.20 Å². The van der Waals surface area contributed by atoms with Crippen molar-refractivity contribution in [3.8, 4) is 11.3 Å². The van der Waals surface area contributed by atoms with Crippen LogP contribution in [0.4, 0.5) is 11.4 Å². The molecule has 0 aliphatic carbocycles. The molecule has 7 rings (SSSR count). The smallest absolute Gasteiger partial charge is 0.250 e. The second-order valence-electron chi connectivity index (χ2n) is 11.6. The number of likely N-dealkylation sites (tertiary alicyclic amines) is 1. The highest BCUT2D eigenvalue weighted by Gasteiger charge is 2.27. The lowest BCUT2D eigenvalue weighted by atomic mass is 10.1. The number of rotatable bonds is 9. The molecule has 2 N–H and O–H groups in total. The van der Waals surface area contributed by atoms with Crippen molar-refractivity contribution in [2.75, 3.05) is 63.3 Å². The number of aryl methyl sites for hydroxylation is 1. The predicted octanol–water partition coefficient (Wildman–Crippen LogP) is 6.07. The van der Waals surface area contributed by atoms with Gasteiger partial charge < -0.3 is 24.7 Å². The molecule has 2 aromatic heterocycles. The molecule has 44 heavy (non-hydrogen) atoms. The van der Waals surface area contributed by atoms with E-state index in [1.165, 1.54) is 19.6 Å². The molecule has 2 aromatic carbocycles. The first kappa shape index (κ1) is 29.4. The lowest BCUT2D eigenvalue weighted by Crippen LogP contribution is -2.52. The van der Waals surface area contributed by atoms with Gasteiger partial charge in [-0.1, -0.05) is 41.7 Å². The van der Waals surface area contributed by atoms with Crippen molar-refractivity contribution in [2.45, 2.75) is 45.1 Å². The Bertz CT molecular complexity index is 1680. The van der Waals surface area contributed by atoms with Gasteiger partial charge in [0.15, 0.2) is 0 Å². The van der Waals surface area contributed by atoms with Crippen LogP contribution in [0.3, 0.4) is 0 Å². The third kappa shape index (κ3) is 6.41. The topological polar surface area (TPSA) is 82.7 Å². The highest BCUT2D eigenvalue weighted by molar-refractivity contribution is 8.05. The molecule has 2 saturated heterocycles. The third-order valence-corrected chi connectivity index (χ3v) is 11.1. The van der Waals surface area contributed by atoms with Gasteiger partial charge in [-0.05, 0) is 55.3 Å². The van der Waals surface area contributed by atoms with Crippen molar-refractivity contribution >= 4 is 34.9 Å². The van der Waals surface area contributed by atoms with Crippen LogP contribution in [0.25, 0.3) is 11.3 Å². The fourth-order valence-electron chi connectivity index (χ4n) is 5.93. The number of H-pyrrole nitrogens is 1. The van der Waals surface area contributed by atoms with Gasteiger partial charge in [0.25, 0.3) is 0 Å². The Morgan fingerprint density at radius 2 is 1.91 bits per heavy atom. The zero-order valence-electron chi connectivity index (χ0n) is 25.0. The van der Waals surface area contributed by atoms with Crippen LogP contribution in [0.15, 0.2) is 91.2 Å². The minimum absolute atomic E-state index is 0.0867. The number of fused-ring (bicyclic) bond motifs is 2. The number of nitrogens with one attached hydrogen (secondary N) is 2. The van der Waals surface area contributed by atoms with Gasteiger partial charge in [0, 0.05) is 88.6 Å². The molecule has 0 saturated carbocycles. The fraction of sp³-hybridized carbons (Fsp3) is 0.353. The lowest BCUT2D eigenvalue weighted by Gasteiger charge is -2.38. The van der Waals surface area contributed by atoms with Crippen molar-refractivity contribution in [3.63, 3.8) is 0 Å². The Morgan fingerprint density at radius 3 is 2.70 bits per heavy atom. The maximum Gasteiger partial charge on any atom is 0.250 e. The Morgan fingerprint density at radius 1 is 1.05 bits per heavy atom. The van der Waals surface area contributed by atoms with E-state index in [0.717, 1.165) is 73.0 Å². The molecule has 0 amide bonds. The van der Waals surface area contributed by atoms with Gasteiger partial charge in [0.05, 0.1) is 36.7 Å². The van der Waals surface area contributed by atoms with E-state index in [-0.39, 0.29) is 11.6 Å². The van der Waals surface area contributed by atoms with E-state index in [4.69, 9.17) is 14.5 Å². The minimum Gasteiger partial charge on any atom is -0.379 e. The van der Waals surface area contributed by atoms with E-state index >= 15 is 0 Å². The number of nitrogens with zero attached hydrogens (tertiary/aromatic N) is 3. The number of hydrogen-bond acceptors (Lipinski definition) is 9. The van der Waals surface area contributed by atoms with Crippen LogP contribution in [-0.2, 0) is 9.47 Å². The van der Waals surface area contributed by atoms with Crippen molar-refractivity contribution in [2.24, 2.45) is 0 Å². The standard InChI is InChI=1S/C34H37N5O3S2/c1-22-6-8-27(35-19-22)28(10-11-38-20-25(21-38)41-2)36-23-7-9-30-32(16-23)43-31-5-3-4-26(34(31)44-30)29-17-24(18-33(40)37-29)39-12-14-42-15-13-39/h3-9,16-19,25,28,36H,10-15,20-21H2,1-2H3,(H,37,40). The zero-order valence-corrected chi connectivity index (χ0v) is 26.7. The average molecular weight is 628 g/mol. The molecule has 3 aliphatic heterocycles. The summed E-state index contributed by atoms with van der Waals surface area (Å²) < 4.78 is 11.0. The summed E-state index contributed by atoms with van der Waals surface area (Å²) in [5.74, 6) is 0. The molecule has 0 spiro atoms. The van der Waals surface area contributed by atoms with Crippen LogP contribution in [0, 0.1) is 6.92 Å². The molecule has 10 heteroatoms. The van der Waals surface area contributed by atoms with Crippen LogP contribution in [0.5, 0.6) is 0 Å². The number of methoxy groups -OCH3 is 1. The number of pyridine rings is 2. The molecule has 0 radical (unpaired) electrons. The van der Waals surface area contributed by atoms with Gasteiger partial charge in [-0.3, -0.25) is 14.7 Å². The zero-order chi connectivity index (χ0) is 30.0. The monoisotopic (exact) mass is 627 g/mol. The average Bonchev–Trinajstić information content (AvgIpc) is 3.03. The highest BCUT2D eigenvalue weighted by Crippen LogP contribution is 2.52. The second-order valence-corrected chi connectivity index (χ2v) is 13.7. The number of hydrogen-bond donors (Lipinski definition) is 2. The Labute approximate surface area is 266 Å². The summed E-state index contributed by atoms with van der Waals surface area (Å²) in [4.78, 5) is 30.1. The molecular formula is C34H37N5O3S2. The molecule has 8 nitrogen and oxygen atoms in total. The van der Waals surface area contributed by atoms with Crippen molar-refractivity contribution in [1.29, 1.82) is 0 Å². The number of aromatic amines is 1. The third-order valence-electron chi connectivity index (χ3n) is 8.47. The van der Waals surface area contributed by atoms with E-state index in [1.54, 1.807) is 36.7 Å². The van der Waals surface area contributed by atoms with Gasteiger partial charge in [0.2, 0.25) is 5.56 Å². The highest BCUT2D eigenvalue weighted by atomic mass is 32.2. The molecule has 5 heterocycles. The quantitative estimate of drug-likeness (QED) is 0.202. The molecule has 1 atom stereocenters. The van der Waals surface area contributed by atoms with E-state index in [2.05, 4.69) is 81.6 Å². The lowest BCUT2D eigenvalue weighted by molar-refractivity contribution is -0.0299. The SMILES string of the molecule is COC1CN(CCC(Nc2ccc3c(c2)Sc2cccc(-c4cc(N5CCOCC5)cc(=O)[nH]4)c2S3)c2ccc(C)cn2)C1. The summed E-state index contributed by atoms with van der Waals surface area (Å²) in [6.45, 7) is 7.98. The van der Waals surface area contributed by atoms with E-state index in [0.29, 0.717) is 19.3 Å².